The molecule has 2 fully saturated rings. The van der Waals surface area contributed by atoms with Crippen molar-refractivity contribution >= 4 is 40.4 Å². The molecule has 9 heteroatoms. The summed E-state index contributed by atoms with van der Waals surface area (Å²) >= 11 is 1.44. The molecular weight excluding hydrogens is 500 g/mol. The van der Waals surface area contributed by atoms with Crippen molar-refractivity contribution in [2.45, 2.75) is 71.3 Å². The van der Waals surface area contributed by atoms with Crippen LogP contribution in [0.1, 0.15) is 75.8 Å². The molecule has 0 spiro atoms. The molecular formula is C29H42N4O4S. The molecule has 2 heterocycles. The Balaban J connectivity index is 1.28. The van der Waals surface area contributed by atoms with Crippen LogP contribution in [0.5, 0.6) is 0 Å². The number of anilines is 1. The van der Waals surface area contributed by atoms with E-state index < -0.39 is 0 Å². The number of carbonyl (C=O) groups excluding carboxylic acids is 2. The van der Waals surface area contributed by atoms with Crippen LogP contribution in [0.4, 0.5) is 5.69 Å². The number of benzene rings is 1. The Morgan fingerprint density at radius 1 is 1.13 bits per heavy atom. The molecule has 38 heavy (non-hydrogen) atoms. The van der Waals surface area contributed by atoms with Gasteiger partial charge in [-0.2, -0.15) is 0 Å². The van der Waals surface area contributed by atoms with Crippen molar-refractivity contribution in [2.24, 2.45) is 11.3 Å². The summed E-state index contributed by atoms with van der Waals surface area (Å²) in [4.78, 5) is 41.0. The molecule has 0 unspecified atom stereocenters. The molecule has 0 atom stereocenters. The van der Waals surface area contributed by atoms with Crippen molar-refractivity contribution in [2.75, 3.05) is 37.2 Å². The van der Waals surface area contributed by atoms with E-state index >= 15 is 0 Å². The molecule has 2 aliphatic rings. The SMILES string of the molecule is CSNc1ccc2oc(C(=O)NCCCN3CCC(C(=O)NC(C)C)(C4CCCCC4)CC3)cc(=O)c2c1. The summed E-state index contributed by atoms with van der Waals surface area (Å²) in [6.45, 7) is 7.25. The van der Waals surface area contributed by atoms with Crippen LogP contribution in [0.2, 0.25) is 0 Å². The van der Waals surface area contributed by atoms with Gasteiger partial charge in [0.2, 0.25) is 5.91 Å². The van der Waals surface area contributed by atoms with E-state index in [1.54, 1.807) is 12.1 Å². The summed E-state index contributed by atoms with van der Waals surface area (Å²) in [5.74, 6) is 0.386. The summed E-state index contributed by atoms with van der Waals surface area (Å²) in [5, 5.41) is 6.56. The van der Waals surface area contributed by atoms with E-state index in [4.69, 9.17) is 4.42 Å². The van der Waals surface area contributed by atoms with Gasteiger partial charge in [-0.1, -0.05) is 31.2 Å². The van der Waals surface area contributed by atoms with Gasteiger partial charge in [-0.15, -0.1) is 0 Å². The average Bonchev–Trinajstić information content (AvgIpc) is 2.92. The first-order valence-corrected chi connectivity index (χ1v) is 15.2. The predicted molar refractivity (Wildman–Crippen MR) is 155 cm³/mol. The van der Waals surface area contributed by atoms with E-state index in [1.165, 1.54) is 37.3 Å². The summed E-state index contributed by atoms with van der Waals surface area (Å²) in [6.07, 6.45) is 10.6. The number of piperidine rings is 1. The normalized spacial score (nSPS) is 18.4. The molecule has 1 aliphatic heterocycles. The fourth-order valence-corrected chi connectivity index (χ4v) is 6.46. The monoisotopic (exact) mass is 542 g/mol. The number of nitrogens with one attached hydrogen (secondary N) is 3. The van der Waals surface area contributed by atoms with Crippen LogP contribution in [0.25, 0.3) is 11.0 Å². The molecule has 0 bridgehead atoms. The molecule has 1 aromatic carbocycles. The first-order chi connectivity index (χ1) is 18.3. The van der Waals surface area contributed by atoms with Gasteiger partial charge >= 0.3 is 0 Å². The summed E-state index contributed by atoms with van der Waals surface area (Å²) in [6, 6.07) is 6.67. The van der Waals surface area contributed by atoms with Crippen LogP contribution in [0.15, 0.2) is 33.5 Å². The Morgan fingerprint density at radius 3 is 2.55 bits per heavy atom. The smallest absolute Gasteiger partial charge is 0.287 e. The van der Waals surface area contributed by atoms with E-state index in [2.05, 4.69) is 20.3 Å². The highest BCUT2D eigenvalue weighted by atomic mass is 32.2. The summed E-state index contributed by atoms with van der Waals surface area (Å²) < 4.78 is 8.81. The number of likely N-dealkylation sites (tertiary alicyclic amines) is 1. The van der Waals surface area contributed by atoms with Gasteiger partial charge in [-0.05, 0) is 89.7 Å². The minimum atomic E-state index is -0.379. The second kappa shape index (κ2) is 13.0. The minimum Gasteiger partial charge on any atom is -0.451 e. The molecule has 4 rings (SSSR count). The summed E-state index contributed by atoms with van der Waals surface area (Å²) in [7, 11) is 0. The number of amides is 2. The highest BCUT2D eigenvalue weighted by molar-refractivity contribution is 7.99. The fraction of sp³-hybridized carbons (Fsp3) is 0.621. The van der Waals surface area contributed by atoms with Crippen LogP contribution in [0, 0.1) is 11.3 Å². The van der Waals surface area contributed by atoms with Gasteiger partial charge in [0.25, 0.3) is 5.91 Å². The number of carbonyl (C=O) groups is 2. The second-order valence-corrected chi connectivity index (χ2v) is 11.7. The molecule has 208 valence electrons. The van der Waals surface area contributed by atoms with Crippen molar-refractivity contribution < 1.29 is 14.0 Å². The molecule has 8 nitrogen and oxygen atoms in total. The Bertz CT molecular complexity index is 1170. The van der Waals surface area contributed by atoms with Crippen molar-refractivity contribution in [3.8, 4) is 0 Å². The molecule has 2 aromatic rings. The lowest BCUT2D eigenvalue weighted by atomic mass is 9.63. The fourth-order valence-electron chi connectivity index (χ4n) is 6.10. The van der Waals surface area contributed by atoms with Crippen LogP contribution >= 0.6 is 11.9 Å². The van der Waals surface area contributed by atoms with E-state index in [-0.39, 0.29) is 34.5 Å². The zero-order valence-corrected chi connectivity index (χ0v) is 23.8. The molecule has 0 radical (unpaired) electrons. The Morgan fingerprint density at radius 2 is 1.87 bits per heavy atom. The largest absolute Gasteiger partial charge is 0.451 e. The van der Waals surface area contributed by atoms with Gasteiger partial charge in [0.05, 0.1) is 10.8 Å². The highest BCUT2D eigenvalue weighted by Crippen LogP contribution is 2.46. The quantitative estimate of drug-likeness (QED) is 0.293. The van der Waals surface area contributed by atoms with E-state index in [0.717, 1.165) is 57.4 Å². The maximum atomic E-state index is 13.3. The summed E-state index contributed by atoms with van der Waals surface area (Å²) in [5.41, 5.74) is 0.724. The maximum Gasteiger partial charge on any atom is 0.287 e. The standard InChI is InChI=1S/C29H42N4O4S/c1-20(2)31-28(36)29(21-8-5-4-6-9-21)12-16-33(17-13-29)15-7-14-30-27(35)26-19-24(34)23-18-22(32-38-3)10-11-25(23)37-26/h10-11,18-21,32H,4-9,12-17H2,1-3H3,(H,30,35)(H,31,36). The zero-order valence-electron chi connectivity index (χ0n) is 22.9. The van der Waals surface area contributed by atoms with Gasteiger partial charge in [-0.3, -0.25) is 14.4 Å². The van der Waals surface area contributed by atoms with Crippen molar-refractivity contribution in [1.29, 1.82) is 0 Å². The van der Waals surface area contributed by atoms with E-state index in [9.17, 15) is 14.4 Å². The van der Waals surface area contributed by atoms with Gasteiger partial charge < -0.3 is 24.7 Å². The molecule has 2 amide bonds. The zero-order chi connectivity index (χ0) is 27.1. The van der Waals surface area contributed by atoms with Gasteiger partial charge in [-0.25, -0.2) is 0 Å². The van der Waals surface area contributed by atoms with Gasteiger partial charge in [0.1, 0.15) is 5.58 Å². The van der Waals surface area contributed by atoms with Gasteiger partial charge in [0, 0.05) is 30.6 Å². The maximum absolute atomic E-state index is 13.3. The lowest BCUT2D eigenvalue weighted by Gasteiger charge is -2.47. The van der Waals surface area contributed by atoms with Crippen molar-refractivity contribution in [3.05, 3.63) is 40.2 Å². The number of hydrogen-bond donors (Lipinski definition) is 3. The van der Waals surface area contributed by atoms with Crippen LogP contribution in [-0.2, 0) is 4.79 Å². The van der Waals surface area contributed by atoms with Gasteiger partial charge in [0.15, 0.2) is 11.2 Å². The lowest BCUT2D eigenvalue weighted by molar-refractivity contribution is -0.140. The number of fused-ring (bicyclic) bond motifs is 1. The van der Waals surface area contributed by atoms with Crippen LogP contribution in [0.3, 0.4) is 0 Å². The molecule has 1 saturated heterocycles. The Kier molecular flexibility index (Phi) is 9.76. The van der Waals surface area contributed by atoms with E-state index in [0.29, 0.717) is 23.4 Å². The highest BCUT2D eigenvalue weighted by Gasteiger charge is 2.47. The number of nitrogens with zero attached hydrogens (tertiary/aromatic N) is 1. The lowest BCUT2D eigenvalue weighted by Crippen LogP contribution is -2.54. The predicted octanol–water partition coefficient (Wildman–Crippen LogP) is 4.79. The van der Waals surface area contributed by atoms with Crippen LogP contribution < -0.4 is 20.8 Å². The van der Waals surface area contributed by atoms with Crippen molar-refractivity contribution in [3.63, 3.8) is 0 Å². The first kappa shape index (κ1) is 28.5. The molecule has 1 aliphatic carbocycles. The topological polar surface area (TPSA) is 104 Å². The minimum absolute atomic E-state index is 0.0273. The number of rotatable bonds is 10. The van der Waals surface area contributed by atoms with Crippen LogP contribution in [-0.4, -0.2) is 55.2 Å². The first-order valence-electron chi connectivity index (χ1n) is 14.0. The molecule has 1 saturated carbocycles. The van der Waals surface area contributed by atoms with Crippen molar-refractivity contribution in [1.82, 2.24) is 15.5 Å². The molecule has 3 N–H and O–H groups in total. The Labute approximate surface area is 229 Å². The van der Waals surface area contributed by atoms with E-state index in [1.807, 2.05) is 26.2 Å². The third kappa shape index (κ3) is 6.72. The number of hydrogen-bond acceptors (Lipinski definition) is 7. The third-order valence-corrected chi connectivity index (χ3v) is 8.55. The molecule has 1 aromatic heterocycles. The second-order valence-electron chi connectivity index (χ2n) is 11.1. The average molecular weight is 543 g/mol. The Hall–Kier alpha value is -2.52. The third-order valence-electron chi connectivity index (χ3n) is 8.11.